The Morgan fingerprint density at radius 3 is 2.65 bits per heavy atom. The molecule has 0 N–H and O–H groups in total. The smallest absolute Gasteiger partial charge is 0.258 e. The quantitative estimate of drug-likeness (QED) is 0.595. The second kappa shape index (κ2) is 4.19. The highest BCUT2D eigenvalue weighted by Gasteiger charge is 2.19. The molecule has 2 aromatic heterocycles. The van der Waals surface area contributed by atoms with Gasteiger partial charge in [0, 0.05) is 4.47 Å². The largest absolute Gasteiger partial charge is 0.308 e. The number of fused-ring (bicyclic) bond motifs is 1. The molecule has 5 nitrogen and oxygen atoms in total. The highest BCUT2D eigenvalue weighted by molar-refractivity contribution is 9.10. The first kappa shape index (κ1) is 12.2. The molecular weight excluding hydrogens is 309 g/mol. The molecular formula is C10H7BrClN3O2. The topological polar surface area (TPSA) is 68.9 Å². The van der Waals surface area contributed by atoms with E-state index in [-0.39, 0.29) is 10.7 Å². The fraction of sp³-hybridized carbons (Fsp3) is 0.200. The minimum atomic E-state index is -0.566. The van der Waals surface area contributed by atoms with Crippen molar-refractivity contribution in [1.29, 1.82) is 0 Å². The molecule has 88 valence electrons. The van der Waals surface area contributed by atoms with Gasteiger partial charge in [-0.15, -0.1) is 0 Å². The molecule has 2 heterocycles. The minimum Gasteiger partial charge on any atom is -0.258 e. The van der Waals surface area contributed by atoms with E-state index in [1.165, 1.54) is 0 Å². The van der Waals surface area contributed by atoms with Gasteiger partial charge in [0.15, 0.2) is 0 Å². The van der Waals surface area contributed by atoms with Crippen LogP contribution in [0.2, 0.25) is 5.02 Å². The highest BCUT2D eigenvalue weighted by Crippen LogP contribution is 2.34. The third kappa shape index (κ3) is 1.87. The van der Waals surface area contributed by atoms with Gasteiger partial charge in [0.1, 0.15) is 16.7 Å². The molecule has 2 rings (SSSR count). The fourth-order valence-electron chi connectivity index (χ4n) is 1.56. The highest BCUT2D eigenvalue weighted by atomic mass is 79.9. The Morgan fingerprint density at radius 2 is 2.06 bits per heavy atom. The summed E-state index contributed by atoms with van der Waals surface area (Å²) in [7, 11) is 0. The van der Waals surface area contributed by atoms with Gasteiger partial charge in [0.25, 0.3) is 0 Å². The maximum absolute atomic E-state index is 10.7. The van der Waals surface area contributed by atoms with Gasteiger partial charge in [-0.05, 0) is 35.3 Å². The lowest BCUT2D eigenvalue weighted by molar-refractivity contribution is -0.384. The van der Waals surface area contributed by atoms with Crippen LogP contribution in [-0.4, -0.2) is 14.9 Å². The molecule has 0 aliphatic carbocycles. The van der Waals surface area contributed by atoms with E-state index in [9.17, 15) is 10.1 Å². The molecule has 0 saturated heterocycles. The van der Waals surface area contributed by atoms with Crippen LogP contribution in [0.3, 0.4) is 0 Å². The van der Waals surface area contributed by atoms with Crippen LogP contribution in [0.25, 0.3) is 11.0 Å². The van der Waals surface area contributed by atoms with Crippen molar-refractivity contribution in [2.75, 3.05) is 0 Å². The molecule has 0 radical (unpaired) electrons. The van der Waals surface area contributed by atoms with E-state index in [2.05, 4.69) is 25.9 Å². The third-order valence-corrected chi connectivity index (χ3v) is 3.99. The maximum atomic E-state index is 10.7. The van der Waals surface area contributed by atoms with Crippen molar-refractivity contribution in [3.05, 3.63) is 37.1 Å². The van der Waals surface area contributed by atoms with Gasteiger partial charge < -0.3 is 0 Å². The first-order chi connectivity index (χ1) is 7.93. The molecule has 0 aliphatic rings. The van der Waals surface area contributed by atoms with Gasteiger partial charge >= 0.3 is 5.69 Å². The molecule has 0 aromatic carbocycles. The first-order valence-corrected chi connectivity index (χ1v) is 5.86. The van der Waals surface area contributed by atoms with Crippen molar-refractivity contribution in [2.45, 2.75) is 13.8 Å². The van der Waals surface area contributed by atoms with Crippen LogP contribution in [0.1, 0.15) is 11.3 Å². The summed E-state index contributed by atoms with van der Waals surface area (Å²) in [5.41, 5.74) is 2.29. The predicted octanol–water partition coefficient (Wildman–Crippen LogP) is 3.57. The zero-order chi connectivity index (χ0) is 12.7. The molecule has 17 heavy (non-hydrogen) atoms. The van der Waals surface area contributed by atoms with Crippen molar-refractivity contribution >= 4 is 44.3 Å². The molecule has 0 bridgehead atoms. The maximum Gasteiger partial charge on any atom is 0.308 e. The summed E-state index contributed by atoms with van der Waals surface area (Å²) in [5.74, 6) is 0. The van der Waals surface area contributed by atoms with E-state index in [4.69, 9.17) is 11.6 Å². The van der Waals surface area contributed by atoms with E-state index in [0.717, 1.165) is 21.9 Å². The average Bonchev–Trinajstić information content (AvgIpc) is 2.27. The monoisotopic (exact) mass is 315 g/mol. The van der Waals surface area contributed by atoms with Gasteiger partial charge in [0.2, 0.25) is 0 Å². The first-order valence-electron chi connectivity index (χ1n) is 4.68. The minimum absolute atomic E-state index is 0.0266. The number of rotatable bonds is 1. The average molecular weight is 317 g/mol. The molecule has 0 amide bonds. The number of nitrogens with zero attached hydrogens (tertiary/aromatic N) is 3. The normalized spacial score (nSPS) is 10.8. The van der Waals surface area contributed by atoms with Crippen molar-refractivity contribution in [3.8, 4) is 0 Å². The summed E-state index contributed by atoms with van der Waals surface area (Å²) >= 11 is 9.37. The van der Waals surface area contributed by atoms with E-state index in [1.807, 2.05) is 6.92 Å². The summed E-state index contributed by atoms with van der Waals surface area (Å²) < 4.78 is 0.836. The van der Waals surface area contributed by atoms with Crippen molar-refractivity contribution in [2.24, 2.45) is 0 Å². The Labute approximate surface area is 110 Å². The van der Waals surface area contributed by atoms with E-state index >= 15 is 0 Å². The van der Waals surface area contributed by atoms with E-state index in [1.54, 1.807) is 6.92 Å². The Kier molecular flexibility index (Phi) is 3.01. The lowest BCUT2D eigenvalue weighted by Crippen LogP contribution is -1.97. The summed E-state index contributed by atoms with van der Waals surface area (Å²) in [6.45, 7) is 3.65. The Bertz CT molecular complexity index is 645. The van der Waals surface area contributed by atoms with Crippen LogP contribution in [0.4, 0.5) is 5.69 Å². The molecule has 0 spiro atoms. The Hall–Kier alpha value is -1.27. The van der Waals surface area contributed by atoms with Gasteiger partial charge in [-0.3, -0.25) is 10.1 Å². The number of hydrogen-bond acceptors (Lipinski definition) is 4. The summed E-state index contributed by atoms with van der Waals surface area (Å²) in [6, 6.07) is 0. The molecule has 0 fully saturated rings. The van der Waals surface area contributed by atoms with Crippen LogP contribution in [0.5, 0.6) is 0 Å². The lowest BCUT2D eigenvalue weighted by atomic mass is 10.2. The van der Waals surface area contributed by atoms with Crippen LogP contribution in [0, 0.1) is 24.0 Å². The van der Waals surface area contributed by atoms with E-state index < -0.39 is 4.92 Å². The van der Waals surface area contributed by atoms with Crippen molar-refractivity contribution in [1.82, 2.24) is 9.97 Å². The van der Waals surface area contributed by atoms with Crippen molar-refractivity contribution in [3.63, 3.8) is 0 Å². The number of hydrogen-bond donors (Lipinski definition) is 0. The molecule has 7 heteroatoms. The van der Waals surface area contributed by atoms with Crippen LogP contribution >= 0.6 is 27.5 Å². The van der Waals surface area contributed by atoms with Crippen LogP contribution in [0.15, 0.2) is 10.7 Å². The molecule has 0 saturated carbocycles. The zero-order valence-corrected chi connectivity index (χ0v) is 11.3. The molecule has 0 unspecified atom stereocenters. The van der Waals surface area contributed by atoms with Crippen LogP contribution < -0.4 is 0 Å². The van der Waals surface area contributed by atoms with Gasteiger partial charge in [-0.2, -0.15) is 0 Å². The molecule has 2 aromatic rings. The Morgan fingerprint density at radius 1 is 1.41 bits per heavy atom. The van der Waals surface area contributed by atoms with Crippen molar-refractivity contribution < 1.29 is 4.92 Å². The van der Waals surface area contributed by atoms with Gasteiger partial charge in [0.05, 0.1) is 16.1 Å². The molecule has 0 aliphatic heterocycles. The number of pyridine rings is 2. The molecule has 0 atom stereocenters. The number of halogens is 2. The predicted molar refractivity (Wildman–Crippen MR) is 68.4 cm³/mol. The zero-order valence-electron chi connectivity index (χ0n) is 8.99. The second-order valence-corrected chi connectivity index (χ2v) is 4.72. The van der Waals surface area contributed by atoms with E-state index in [0.29, 0.717) is 11.0 Å². The van der Waals surface area contributed by atoms with Crippen LogP contribution in [-0.2, 0) is 0 Å². The standard InChI is InChI=1S/C10H7BrClN3O2/c1-4-7(11)5(2)14-10-8(12)6(15(16)17)3-13-9(4)10/h3H,1-2H3. The van der Waals surface area contributed by atoms with Gasteiger partial charge in [-0.1, -0.05) is 11.6 Å². The third-order valence-electron chi connectivity index (χ3n) is 2.45. The summed E-state index contributed by atoms with van der Waals surface area (Å²) in [6.07, 6.45) is 1.15. The fourth-order valence-corrected chi connectivity index (χ4v) is 2.09. The van der Waals surface area contributed by atoms with Gasteiger partial charge in [-0.25, -0.2) is 9.97 Å². The number of aryl methyl sites for hydroxylation is 2. The summed E-state index contributed by atoms with van der Waals surface area (Å²) in [5, 5.41) is 10.8. The second-order valence-electron chi connectivity index (χ2n) is 3.55. The number of nitro groups is 1. The SMILES string of the molecule is Cc1nc2c(Cl)c([N+](=O)[O-])cnc2c(C)c1Br. The number of aromatic nitrogens is 2. The lowest BCUT2D eigenvalue weighted by Gasteiger charge is -2.07. The summed E-state index contributed by atoms with van der Waals surface area (Å²) in [4.78, 5) is 18.5. The Balaban J connectivity index is 2.92.